The summed E-state index contributed by atoms with van der Waals surface area (Å²) in [5, 5.41) is 0. The number of fused-ring (bicyclic) bond motifs is 1. The highest BCUT2D eigenvalue weighted by Gasteiger charge is 2.16. The molecule has 7 heteroatoms. The van der Waals surface area contributed by atoms with Crippen LogP contribution in [0, 0.1) is 11.6 Å². The Morgan fingerprint density at radius 2 is 1.90 bits per heavy atom. The quantitative estimate of drug-likeness (QED) is 0.751. The minimum atomic E-state index is -1.61. The second kappa shape index (κ2) is 5.50. The molecule has 0 amide bonds. The summed E-state index contributed by atoms with van der Waals surface area (Å²) in [6.45, 7) is 0. The zero-order valence-electron chi connectivity index (χ0n) is 10.7. The Balaban J connectivity index is 1.94. The first-order valence-electron chi connectivity index (χ1n) is 6.02. The number of halogens is 2. The largest absolute Gasteiger partial charge is 0.399 e. The summed E-state index contributed by atoms with van der Waals surface area (Å²) in [5.74, 6) is -1.64. The van der Waals surface area contributed by atoms with Crippen molar-refractivity contribution in [3.8, 4) is 0 Å². The molecular weight excluding hydrogens is 314 g/mol. The van der Waals surface area contributed by atoms with Crippen molar-refractivity contribution in [3.05, 3.63) is 53.6 Å². The van der Waals surface area contributed by atoms with Gasteiger partial charge in [-0.15, -0.1) is 11.3 Å². The number of nitrogens with two attached hydrogens (primary N) is 1. The van der Waals surface area contributed by atoms with Gasteiger partial charge < -0.3 is 5.73 Å². The van der Waals surface area contributed by atoms with Gasteiger partial charge in [0.15, 0.2) is 4.34 Å². The summed E-state index contributed by atoms with van der Waals surface area (Å²) in [6.07, 6.45) is 0. The SMILES string of the molecule is Nc1ccc2nc(S(=O)Cc3c(F)cccc3F)sc2c1. The molecule has 2 aromatic carbocycles. The molecule has 0 radical (unpaired) electrons. The number of thiazole rings is 1. The van der Waals surface area contributed by atoms with Crippen LogP contribution in [0.5, 0.6) is 0 Å². The van der Waals surface area contributed by atoms with Crippen molar-refractivity contribution in [1.82, 2.24) is 4.98 Å². The van der Waals surface area contributed by atoms with E-state index >= 15 is 0 Å². The average molecular weight is 324 g/mol. The predicted octanol–water partition coefficient (Wildman–Crippen LogP) is 3.46. The highest BCUT2D eigenvalue weighted by Crippen LogP contribution is 2.28. The number of nitrogen functional groups attached to an aromatic ring is 1. The molecule has 0 aliphatic carbocycles. The molecule has 21 heavy (non-hydrogen) atoms. The Labute approximate surface area is 125 Å². The third kappa shape index (κ3) is 2.79. The average Bonchev–Trinajstić information content (AvgIpc) is 2.86. The van der Waals surface area contributed by atoms with Crippen molar-refractivity contribution in [2.45, 2.75) is 10.1 Å². The molecule has 1 aromatic heterocycles. The van der Waals surface area contributed by atoms with Crippen LogP contribution >= 0.6 is 11.3 Å². The van der Waals surface area contributed by atoms with Gasteiger partial charge in [-0.2, -0.15) is 0 Å². The lowest BCUT2D eigenvalue weighted by molar-refractivity contribution is 0.564. The lowest BCUT2D eigenvalue weighted by Gasteiger charge is -2.02. The van der Waals surface area contributed by atoms with Crippen LogP contribution in [0.3, 0.4) is 0 Å². The van der Waals surface area contributed by atoms with E-state index in [0.717, 1.165) is 16.8 Å². The first-order chi connectivity index (χ1) is 10.0. The molecule has 1 unspecified atom stereocenters. The Kier molecular flexibility index (Phi) is 3.69. The van der Waals surface area contributed by atoms with Gasteiger partial charge >= 0.3 is 0 Å². The van der Waals surface area contributed by atoms with Crippen molar-refractivity contribution in [2.75, 3.05) is 5.73 Å². The molecule has 3 rings (SSSR count). The molecule has 3 nitrogen and oxygen atoms in total. The first-order valence-corrected chi connectivity index (χ1v) is 8.15. The van der Waals surface area contributed by atoms with Gasteiger partial charge in [-0.05, 0) is 30.3 Å². The standard InChI is InChI=1S/C14H10F2N2OS2/c15-10-2-1-3-11(16)9(10)7-21(19)14-18-12-5-4-8(17)6-13(12)20-14/h1-6H,7,17H2. The minimum Gasteiger partial charge on any atom is -0.399 e. The van der Waals surface area contributed by atoms with E-state index in [2.05, 4.69) is 4.98 Å². The number of hydrogen-bond acceptors (Lipinski definition) is 4. The molecule has 3 aromatic rings. The zero-order valence-corrected chi connectivity index (χ0v) is 12.3. The molecular formula is C14H10F2N2OS2. The van der Waals surface area contributed by atoms with E-state index in [4.69, 9.17) is 5.73 Å². The van der Waals surface area contributed by atoms with Crippen LogP contribution in [0.4, 0.5) is 14.5 Å². The van der Waals surface area contributed by atoms with Gasteiger partial charge in [-0.1, -0.05) is 6.07 Å². The van der Waals surface area contributed by atoms with Gasteiger partial charge in [0.1, 0.15) is 11.6 Å². The Hall–Kier alpha value is -1.86. The van der Waals surface area contributed by atoms with E-state index in [1.807, 2.05) is 0 Å². The molecule has 0 aliphatic heterocycles. The van der Waals surface area contributed by atoms with E-state index in [-0.39, 0.29) is 11.3 Å². The smallest absolute Gasteiger partial charge is 0.182 e. The van der Waals surface area contributed by atoms with Crippen molar-refractivity contribution in [1.29, 1.82) is 0 Å². The second-order valence-electron chi connectivity index (χ2n) is 4.40. The fourth-order valence-electron chi connectivity index (χ4n) is 1.88. The van der Waals surface area contributed by atoms with Crippen LogP contribution in [-0.4, -0.2) is 9.19 Å². The lowest BCUT2D eigenvalue weighted by atomic mass is 10.2. The van der Waals surface area contributed by atoms with Crippen molar-refractivity contribution < 1.29 is 13.0 Å². The third-order valence-corrected chi connectivity index (χ3v) is 5.58. The Bertz CT molecular complexity index is 828. The number of anilines is 1. The van der Waals surface area contributed by atoms with Gasteiger partial charge in [-0.25, -0.2) is 13.8 Å². The zero-order chi connectivity index (χ0) is 15.0. The van der Waals surface area contributed by atoms with E-state index in [1.54, 1.807) is 18.2 Å². The van der Waals surface area contributed by atoms with Gasteiger partial charge in [0.05, 0.1) is 26.8 Å². The van der Waals surface area contributed by atoms with Gasteiger partial charge in [-0.3, -0.25) is 4.21 Å². The molecule has 0 aliphatic rings. The van der Waals surface area contributed by atoms with E-state index in [9.17, 15) is 13.0 Å². The summed E-state index contributed by atoms with van der Waals surface area (Å²) < 4.78 is 40.5. The van der Waals surface area contributed by atoms with E-state index in [0.29, 0.717) is 15.5 Å². The normalized spacial score (nSPS) is 12.7. The molecule has 0 bridgehead atoms. The molecule has 1 heterocycles. The fourth-order valence-corrected chi connectivity index (χ4v) is 4.31. The van der Waals surface area contributed by atoms with Gasteiger partial charge in [0.2, 0.25) is 0 Å². The van der Waals surface area contributed by atoms with Crippen molar-refractivity contribution >= 4 is 38.0 Å². The topological polar surface area (TPSA) is 56.0 Å². The number of nitrogens with zero attached hydrogens (tertiary/aromatic N) is 1. The lowest BCUT2D eigenvalue weighted by Crippen LogP contribution is -2.01. The van der Waals surface area contributed by atoms with Crippen molar-refractivity contribution in [3.63, 3.8) is 0 Å². The Morgan fingerprint density at radius 3 is 2.62 bits per heavy atom. The summed E-state index contributed by atoms with van der Waals surface area (Å²) in [6, 6.07) is 8.73. The van der Waals surface area contributed by atoms with Crippen LogP contribution in [0.2, 0.25) is 0 Å². The molecule has 2 N–H and O–H groups in total. The maximum absolute atomic E-state index is 13.6. The molecule has 1 atom stereocenters. The summed E-state index contributed by atoms with van der Waals surface area (Å²) in [4.78, 5) is 4.23. The van der Waals surface area contributed by atoms with Gasteiger partial charge in [0.25, 0.3) is 0 Å². The first kappa shape index (κ1) is 14.1. The molecule has 0 spiro atoms. The van der Waals surface area contributed by atoms with Crippen LogP contribution in [0.25, 0.3) is 10.2 Å². The monoisotopic (exact) mass is 324 g/mol. The molecule has 0 saturated heterocycles. The minimum absolute atomic E-state index is 0.186. The van der Waals surface area contributed by atoms with E-state index in [1.165, 1.54) is 17.4 Å². The Morgan fingerprint density at radius 1 is 1.19 bits per heavy atom. The number of rotatable bonds is 3. The summed E-state index contributed by atoms with van der Waals surface area (Å²) >= 11 is 1.21. The van der Waals surface area contributed by atoms with Crippen LogP contribution in [0.1, 0.15) is 5.56 Å². The van der Waals surface area contributed by atoms with Crippen LogP contribution < -0.4 is 5.73 Å². The van der Waals surface area contributed by atoms with Crippen LogP contribution in [-0.2, 0) is 16.6 Å². The third-order valence-electron chi connectivity index (χ3n) is 2.92. The predicted molar refractivity (Wildman–Crippen MR) is 80.5 cm³/mol. The highest BCUT2D eigenvalue weighted by atomic mass is 32.2. The van der Waals surface area contributed by atoms with Gasteiger partial charge in [0, 0.05) is 11.3 Å². The maximum Gasteiger partial charge on any atom is 0.182 e. The summed E-state index contributed by atoms with van der Waals surface area (Å²) in [7, 11) is -1.61. The highest BCUT2D eigenvalue weighted by molar-refractivity contribution is 7.86. The van der Waals surface area contributed by atoms with Crippen LogP contribution in [0.15, 0.2) is 40.7 Å². The maximum atomic E-state index is 13.6. The number of hydrogen-bond donors (Lipinski definition) is 1. The van der Waals surface area contributed by atoms with Crippen molar-refractivity contribution in [2.24, 2.45) is 0 Å². The molecule has 108 valence electrons. The van der Waals surface area contributed by atoms with E-state index < -0.39 is 22.4 Å². The second-order valence-corrected chi connectivity index (χ2v) is 7.05. The molecule has 0 saturated carbocycles. The molecule has 0 fully saturated rings. The summed E-state index contributed by atoms with van der Waals surface area (Å²) in [5.41, 5.74) is 6.75. The number of aromatic nitrogens is 1. The number of benzene rings is 2. The fraction of sp³-hybridized carbons (Fsp3) is 0.0714.